The van der Waals surface area contributed by atoms with Crippen molar-refractivity contribution >= 4 is 11.5 Å². The van der Waals surface area contributed by atoms with Gasteiger partial charge in [-0.3, -0.25) is 14.8 Å². The SMILES string of the molecule is CC1=C(/C=C(\C)c2ccn[nH]2)C(=O)N(CCN2CCOCC2)C1(C)C. The molecule has 0 radical (unpaired) electrons. The van der Waals surface area contributed by atoms with E-state index < -0.39 is 0 Å². The van der Waals surface area contributed by atoms with Gasteiger partial charge in [-0.2, -0.15) is 5.10 Å². The molecule has 0 aromatic carbocycles. The minimum absolute atomic E-state index is 0.120. The number of nitrogens with zero attached hydrogens (tertiary/aromatic N) is 3. The molecular weight excluding hydrogens is 316 g/mol. The summed E-state index contributed by atoms with van der Waals surface area (Å²) in [5.41, 5.74) is 3.63. The molecule has 6 heteroatoms. The van der Waals surface area contributed by atoms with Crippen LogP contribution >= 0.6 is 0 Å². The lowest BCUT2D eigenvalue weighted by atomic mass is 9.94. The van der Waals surface area contributed by atoms with Crippen molar-refractivity contribution in [2.75, 3.05) is 39.4 Å². The van der Waals surface area contributed by atoms with Crippen molar-refractivity contribution in [3.05, 3.63) is 35.2 Å². The van der Waals surface area contributed by atoms with E-state index in [1.165, 1.54) is 0 Å². The van der Waals surface area contributed by atoms with E-state index in [4.69, 9.17) is 4.74 Å². The first-order valence-corrected chi connectivity index (χ1v) is 8.92. The van der Waals surface area contributed by atoms with Crippen molar-refractivity contribution in [3.63, 3.8) is 0 Å². The molecule has 0 saturated carbocycles. The molecule has 0 atom stereocenters. The quantitative estimate of drug-likeness (QED) is 0.888. The molecule has 25 heavy (non-hydrogen) atoms. The van der Waals surface area contributed by atoms with Crippen LogP contribution in [0.15, 0.2) is 29.5 Å². The number of morpholine rings is 1. The van der Waals surface area contributed by atoms with E-state index in [-0.39, 0.29) is 11.4 Å². The summed E-state index contributed by atoms with van der Waals surface area (Å²) in [6, 6.07) is 1.92. The van der Waals surface area contributed by atoms with Gasteiger partial charge < -0.3 is 9.64 Å². The number of aromatic nitrogens is 2. The highest BCUT2D eigenvalue weighted by molar-refractivity contribution is 6.02. The Morgan fingerprint density at radius 1 is 1.36 bits per heavy atom. The maximum absolute atomic E-state index is 13.1. The van der Waals surface area contributed by atoms with E-state index in [1.54, 1.807) is 6.20 Å². The van der Waals surface area contributed by atoms with Crippen LogP contribution < -0.4 is 0 Å². The van der Waals surface area contributed by atoms with Gasteiger partial charge in [-0.1, -0.05) is 0 Å². The van der Waals surface area contributed by atoms with Crippen LogP contribution in [0.2, 0.25) is 0 Å². The lowest BCUT2D eigenvalue weighted by molar-refractivity contribution is -0.129. The highest BCUT2D eigenvalue weighted by atomic mass is 16.5. The van der Waals surface area contributed by atoms with E-state index in [1.807, 2.05) is 24.0 Å². The molecule has 0 unspecified atom stereocenters. The molecule has 2 aliphatic rings. The fourth-order valence-electron chi connectivity index (χ4n) is 3.48. The number of carbonyl (C=O) groups is 1. The van der Waals surface area contributed by atoms with Crippen LogP contribution in [0.3, 0.4) is 0 Å². The van der Waals surface area contributed by atoms with Crippen LogP contribution in [0, 0.1) is 0 Å². The normalized spacial score (nSPS) is 22.2. The maximum atomic E-state index is 13.1. The van der Waals surface area contributed by atoms with Gasteiger partial charge in [0.15, 0.2) is 0 Å². The van der Waals surface area contributed by atoms with E-state index in [9.17, 15) is 4.79 Å². The summed E-state index contributed by atoms with van der Waals surface area (Å²) in [6.45, 7) is 13.4. The predicted molar refractivity (Wildman–Crippen MR) is 98.0 cm³/mol. The number of ether oxygens (including phenoxy) is 1. The van der Waals surface area contributed by atoms with Gasteiger partial charge in [0.2, 0.25) is 0 Å². The second kappa shape index (κ2) is 7.14. The summed E-state index contributed by atoms with van der Waals surface area (Å²) in [7, 11) is 0. The molecule has 136 valence electrons. The Balaban J connectivity index is 1.75. The van der Waals surface area contributed by atoms with Crippen molar-refractivity contribution in [1.82, 2.24) is 20.0 Å². The van der Waals surface area contributed by atoms with Gasteiger partial charge >= 0.3 is 0 Å². The van der Waals surface area contributed by atoms with Crippen molar-refractivity contribution in [2.24, 2.45) is 0 Å². The Labute approximate surface area is 149 Å². The van der Waals surface area contributed by atoms with E-state index in [0.29, 0.717) is 0 Å². The lowest BCUT2D eigenvalue weighted by Crippen LogP contribution is -2.48. The number of hydrogen-bond acceptors (Lipinski definition) is 4. The molecule has 1 fully saturated rings. The molecule has 1 amide bonds. The van der Waals surface area contributed by atoms with Crippen LogP contribution in [-0.2, 0) is 9.53 Å². The molecule has 3 heterocycles. The number of nitrogens with one attached hydrogen (secondary N) is 1. The van der Waals surface area contributed by atoms with Crippen LogP contribution in [0.1, 0.15) is 33.4 Å². The molecule has 2 aliphatic heterocycles. The fraction of sp³-hybridized carbons (Fsp3) is 0.579. The Hall–Kier alpha value is -1.92. The molecule has 0 aliphatic carbocycles. The van der Waals surface area contributed by atoms with Crippen molar-refractivity contribution in [2.45, 2.75) is 33.2 Å². The smallest absolute Gasteiger partial charge is 0.254 e. The van der Waals surface area contributed by atoms with Crippen LogP contribution in [-0.4, -0.2) is 70.8 Å². The Morgan fingerprint density at radius 3 is 2.72 bits per heavy atom. The molecule has 1 aromatic heterocycles. The van der Waals surface area contributed by atoms with Crippen molar-refractivity contribution in [3.8, 4) is 0 Å². The second-order valence-electron chi connectivity index (χ2n) is 7.31. The molecule has 0 spiro atoms. The topological polar surface area (TPSA) is 61.5 Å². The Morgan fingerprint density at radius 2 is 2.08 bits per heavy atom. The van der Waals surface area contributed by atoms with Crippen LogP contribution in [0.25, 0.3) is 5.57 Å². The molecule has 1 aromatic rings. The third kappa shape index (κ3) is 3.55. The Kier molecular flexibility index (Phi) is 5.11. The van der Waals surface area contributed by atoms with Gasteiger partial charge in [-0.25, -0.2) is 0 Å². The highest BCUT2D eigenvalue weighted by Gasteiger charge is 2.41. The number of aromatic amines is 1. The number of carbonyl (C=O) groups excluding carboxylic acids is 1. The molecule has 0 bridgehead atoms. The first-order valence-electron chi connectivity index (χ1n) is 8.92. The summed E-state index contributed by atoms with van der Waals surface area (Å²) in [5, 5.41) is 6.94. The summed E-state index contributed by atoms with van der Waals surface area (Å²) >= 11 is 0. The van der Waals surface area contributed by atoms with E-state index in [2.05, 4.69) is 35.9 Å². The summed E-state index contributed by atoms with van der Waals surface area (Å²) in [5.74, 6) is 0.120. The number of amides is 1. The standard InChI is InChI=1S/C19H28N4O2/c1-14(17-5-6-20-21-17)13-16-15(2)19(3,4)23(18(16)24)8-7-22-9-11-25-12-10-22/h5-6,13H,7-12H2,1-4H3,(H,20,21)/b14-13+. The number of hydrogen-bond donors (Lipinski definition) is 1. The summed E-state index contributed by atoms with van der Waals surface area (Å²) < 4.78 is 5.40. The van der Waals surface area contributed by atoms with Crippen molar-refractivity contribution in [1.29, 1.82) is 0 Å². The average molecular weight is 344 g/mol. The molecule has 1 saturated heterocycles. The van der Waals surface area contributed by atoms with Gasteiger partial charge in [0.05, 0.1) is 24.4 Å². The van der Waals surface area contributed by atoms with E-state index in [0.717, 1.165) is 61.8 Å². The van der Waals surface area contributed by atoms with Crippen LogP contribution in [0.4, 0.5) is 0 Å². The highest BCUT2D eigenvalue weighted by Crippen LogP contribution is 2.36. The van der Waals surface area contributed by atoms with Crippen molar-refractivity contribution < 1.29 is 9.53 Å². The lowest BCUT2D eigenvalue weighted by Gasteiger charge is -2.36. The first-order chi connectivity index (χ1) is 11.9. The first kappa shape index (κ1) is 17.9. The average Bonchev–Trinajstić information content (AvgIpc) is 3.18. The maximum Gasteiger partial charge on any atom is 0.254 e. The zero-order valence-corrected chi connectivity index (χ0v) is 15.6. The van der Waals surface area contributed by atoms with Gasteiger partial charge in [0.1, 0.15) is 0 Å². The zero-order chi connectivity index (χ0) is 18.0. The number of rotatable bonds is 5. The minimum Gasteiger partial charge on any atom is -0.379 e. The molecule has 3 rings (SSSR count). The molecular formula is C19H28N4O2. The summed E-state index contributed by atoms with van der Waals surface area (Å²) in [4.78, 5) is 17.4. The summed E-state index contributed by atoms with van der Waals surface area (Å²) in [6.07, 6.45) is 3.71. The second-order valence-corrected chi connectivity index (χ2v) is 7.31. The van der Waals surface area contributed by atoms with Crippen LogP contribution in [0.5, 0.6) is 0 Å². The largest absolute Gasteiger partial charge is 0.379 e. The van der Waals surface area contributed by atoms with E-state index >= 15 is 0 Å². The van der Waals surface area contributed by atoms with Gasteiger partial charge in [0, 0.05) is 37.9 Å². The minimum atomic E-state index is -0.260. The predicted octanol–water partition coefficient (Wildman–Crippen LogP) is 2.08. The monoisotopic (exact) mass is 344 g/mol. The zero-order valence-electron chi connectivity index (χ0n) is 15.6. The van der Waals surface area contributed by atoms with Gasteiger partial charge in [-0.05, 0) is 51.0 Å². The molecule has 6 nitrogen and oxygen atoms in total. The Bertz CT molecular complexity index is 682. The number of H-pyrrole nitrogens is 1. The van der Waals surface area contributed by atoms with Gasteiger partial charge in [0.25, 0.3) is 5.91 Å². The molecule has 1 N–H and O–H groups in total. The van der Waals surface area contributed by atoms with Gasteiger partial charge in [-0.15, -0.1) is 0 Å². The fourth-order valence-corrected chi connectivity index (χ4v) is 3.48. The third-order valence-electron chi connectivity index (χ3n) is 5.50. The number of allylic oxidation sites excluding steroid dienone is 1. The third-order valence-corrected chi connectivity index (χ3v) is 5.50.